The molecule has 20 atom stereocenters. The molecule has 4 saturated carbocycles. The van der Waals surface area contributed by atoms with Gasteiger partial charge < -0.3 is 64.9 Å². The summed E-state index contributed by atoms with van der Waals surface area (Å²) in [5.74, 6) is -5.02. The highest BCUT2D eigenvalue weighted by Crippen LogP contribution is 2.75. The van der Waals surface area contributed by atoms with Crippen molar-refractivity contribution in [3.8, 4) is 0 Å². The number of carboxylic acids is 3. The molecule has 9 N–H and O–H groups in total. The molecule has 332 valence electrons. The Morgan fingerprint density at radius 3 is 1.92 bits per heavy atom. The van der Waals surface area contributed by atoms with Gasteiger partial charge in [0.2, 0.25) is 0 Å². The fraction of sp³-hybridized carbons (Fsp3) is 0.857. The van der Waals surface area contributed by atoms with Gasteiger partial charge in [-0.2, -0.15) is 0 Å². The number of allylic oxidation sites excluding steroid dienone is 2. The Kier molecular flexibility index (Phi) is 11.1. The number of carbonyl (C=O) groups excluding carboxylic acids is 1. The Morgan fingerprint density at radius 2 is 1.32 bits per heavy atom. The van der Waals surface area contributed by atoms with Crippen LogP contribution in [0.25, 0.3) is 0 Å². The minimum absolute atomic E-state index is 0.0119. The topological polar surface area (TPSA) is 287 Å². The molecular formula is C42H62O17. The van der Waals surface area contributed by atoms with Crippen LogP contribution in [0.5, 0.6) is 0 Å². The monoisotopic (exact) mass is 838 g/mol. The van der Waals surface area contributed by atoms with Gasteiger partial charge >= 0.3 is 17.9 Å². The minimum Gasteiger partial charge on any atom is -0.481 e. The van der Waals surface area contributed by atoms with Crippen molar-refractivity contribution in [2.45, 2.75) is 167 Å². The molecule has 0 radical (unpaired) electrons. The maximum atomic E-state index is 14.9. The molecule has 0 aromatic carbocycles. The van der Waals surface area contributed by atoms with Crippen molar-refractivity contribution in [2.24, 2.45) is 50.2 Å². The van der Waals surface area contributed by atoms with Crippen LogP contribution in [0.3, 0.4) is 0 Å². The molecule has 59 heavy (non-hydrogen) atoms. The standard InChI is InChI=1S/C42H62O17/c1-37-11-12-38(2,36(54)55)16-19(37)18-15-20(44)31-39(3)9-8-22(40(4,17-43)21(39)7-10-42(31,6)41(18,5)14-13-37)56-35-30(26(48)25(47)29(58-35)33(52)53)59-34-27(49)23(45)24(46)28(57-34)32(50)51/h15,19,21-31,34-35,43,45-49H,7-14,16-17H2,1-6H3,(H,50,51)(H,52,53)(H,54,55)/t19-,21-,22+,23+,24+,25+,26+,27-,28+,29+,30?,31+,34?,35?,37-,38+,39+,40-,41-,42-/m1/s1. The molecule has 2 heterocycles. The van der Waals surface area contributed by atoms with E-state index in [1.807, 2.05) is 19.9 Å². The summed E-state index contributed by atoms with van der Waals surface area (Å²) < 4.78 is 23.2. The lowest BCUT2D eigenvalue weighted by molar-refractivity contribution is -0.372. The average Bonchev–Trinajstić information content (AvgIpc) is 3.16. The van der Waals surface area contributed by atoms with E-state index in [4.69, 9.17) is 18.9 Å². The highest BCUT2D eigenvalue weighted by molar-refractivity contribution is 5.95. The number of aliphatic carboxylic acids is 3. The third kappa shape index (κ3) is 6.46. The zero-order valence-electron chi connectivity index (χ0n) is 34.5. The maximum absolute atomic E-state index is 14.9. The lowest BCUT2D eigenvalue weighted by Gasteiger charge is -2.70. The largest absolute Gasteiger partial charge is 0.481 e. The first kappa shape index (κ1) is 44.5. The van der Waals surface area contributed by atoms with Gasteiger partial charge in [-0.25, -0.2) is 9.59 Å². The van der Waals surface area contributed by atoms with Crippen molar-refractivity contribution in [3.05, 3.63) is 11.6 Å². The van der Waals surface area contributed by atoms with Crippen molar-refractivity contribution in [3.63, 3.8) is 0 Å². The number of ketones is 1. The Balaban J connectivity index is 1.19. The molecule has 7 aliphatic rings. The molecule has 17 nitrogen and oxygen atoms in total. The highest BCUT2D eigenvalue weighted by Gasteiger charge is 2.71. The molecule has 2 saturated heterocycles. The number of ether oxygens (including phenoxy) is 4. The van der Waals surface area contributed by atoms with Crippen molar-refractivity contribution in [2.75, 3.05) is 6.61 Å². The molecule has 0 spiro atoms. The zero-order valence-corrected chi connectivity index (χ0v) is 34.5. The van der Waals surface area contributed by atoms with Crippen LogP contribution in [0, 0.1) is 50.2 Å². The van der Waals surface area contributed by atoms with E-state index in [0.29, 0.717) is 32.1 Å². The summed E-state index contributed by atoms with van der Waals surface area (Å²) in [5.41, 5.74) is -2.63. The second-order valence-electron chi connectivity index (χ2n) is 20.5. The van der Waals surface area contributed by atoms with E-state index in [0.717, 1.165) is 24.8 Å². The van der Waals surface area contributed by atoms with Crippen molar-refractivity contribution in [1.82, 2.24) is 0 Å². The third-order valence-electron chi connectivity index (χ3n) is 17.4. The summed E-state index contributed by atoms with van der Waals surface area (Å²) in [7, 11) is 0. The van der Waals surface area contributed by atoms with Crippen molar-refractivity contribution < 1.29 is 84.1 Å². The van der Waals surface area contributed by atoms with Gasteiger partial charge in [0.05, 0.1) is 18.1 Å². The quantitative estimate of drug-likeness (QED) is 0.155. The molecule has 6 fully saturated rings. The van der Waals surface area contributed by atoms with Gasteiger partial charge in [0, 0.05) is 11.3 Å². The lowest BCUT2D eigenvalue weighted by atomic mass is 9.33. The van der Waals surface area contributed by atoms with Gasteiger partial charge in [-0.3, -0.25) is 9.59 Å². The van der Waals surface area contributed by atoms with E-state index in [2.05, 4.69) is 27.7 Å². The Morgan fingerprint density at radius 1 is 0.729 bits per heavy atom. The molecule has 0 amide bonds. The Labute approximate surface area is 342 Å². The first-order chi connectivity index (χ1) is 27.3. The smallest absolute Gasteiger partial charge is 0.335 e. The summed E-state index contributed by atoms with van der Waals surface area (Å²) in [5, 5.41) is 94.3. The molecule has 0 aromatic heterocycles. The summed E-state index contributed by atoms with van der Waals surface area (Å²) in [6, 6.07) is 0. The third-order valence-corrected chi connectivity index (χ3v) is 17.4. The number of aliphatic hydroxyl groups excluding tert-OH is 6. The number of carbonyl (C=O) groups is 4. The van der Waals surface area contributed by atoms with E-state index in [1.54, 1.807) is 0 Å². The molecule has 3 unspecified atom stereocenters. The van der Waals surface area contributed by atoms with E-state index in [1.165, 1.54) is 0 Å². The summed E-state index contributed by atoms with van der Waals surface area (Å²) >= 11 is 0. The van der Waals surface area contributed by atoms with E-state index >= 15 is 0 Å². The van der Waals surface area contributed by atoms with Crippen LogP contribution in [-0.2, 0) is 38.1 Å². The fourth-order valence-electron chi connectivity index (χ4n) is 13.4. The van der Waals surface area contributed by atoms with Crippen molar-refractivity contribution >= 4 is 23.7 Å². The Bertz CT molecular complexity index is 1750. The number of fused-ring (bicyclic) bond motifs is 7. The number of rotatable bonds is 8. The van der Waals surface area contributed by atoms with E-state index in [9.17, 15) is 65.1 Å². The SMILES string of the molecule is C[C@]1(C(=O)O)CC[C@]2(C)CC[C@]3(C)C(=CC(=O)[C@H]4[C@@]5(C)CC[C@H](OC6O[C@H](C(=O)O)[C@@H](O)[C@H](O)C6OC6O[C@H](C(=O)O)[C@@H](O)[C@H](O)[C@H]6O)[C@](C)(CO)[C@@H]5CC[C@]43C)[C@H]2C1. The normalized spacial score (nSPS) is 53.5. The zero-order chi connectivity index (χ0) is 43.6. The highest BCUT2D eigenvalue weighted by atomic mass is 16.8. The number of aliphatic hydroxyl groups is 6. The average molecular weight is 839 g/mol. The second kappa shape index (κ2) is 14.8. The summed E-state index contributed by atoms with van der Waals surface area (Å²) in [6.45, 7) is 12.0. The number of carboxylic acid groups (broad SMARTS) is 3. The van der Waals surface area contributed by atoms with Gasteiger partial charge in [-0.05, 0) is 104 Å². The number of hydrogen-bond acceptors (Lipinski definition) is 14. The van der Waals surface area contributed by atoms with Crippen LogP contribution >= 0.6 is 0 Å². The molecule has 2 aliphatic heterocycles. The van der Waals surface area contributed by atoms with Crippen LogP contribution in [0.4, 0.5) is 0 Å². The molecule has 17 heteroatoms. The van der Waals surface area contributed by atoms with E-state index < -0.39 is 125 Å². The van der Waals surface area contributed by atoms with Crippen LogP contribution in [0.2, 0.25) is 0 Å². The molecule has 7 rings (SSSR count). The predicted octanol–water partition coefficient (Wildman–Crippen LogP) is 1.22. The van der Waals surface area contributed by atoms with Gasteiger partial charge in [0.15, 0.2) is 30.6 Å². The van der Waals surface area contributed by atoms with Crippen LogP contribution < -0.4 is 0 Å². The number of hydrogen-bond donors (Lipinski definition) is 9. The van der Waals surface area contributed by atoms with E-state index in [-0.39, 0.29) is 29.5 Å². The van der Waals surface area contributed by atoms with Gasteiger partial charge in [-0.15, -0.1) is 0 Å². The molecular weight excluding hydrogens is 776 g/mol. The summed E-state index contributed by atoms with van der Waals surface area (Å²) in [4.78, 5) is 51.4. The second-order valence-corrected chi connectivity index (χ2v) is 20.5. The minimum atomic E-state index is -2.10. The van der Waals surface area contributed by atoms with Gasteiger partial charge in [-0.1, -0.05) is 40.2 Å². The first-order valence-corrected chi connectivity index (χ1v) is 20.9. The molecule has 0 aromatic rings. The molecule has 0 bridgehead atoms. The lowest BCUT2D eigenvalue weighted by Crippen LogP contribution is -2.69. The summed E-state index contributed by atoms with van der Waals surface area (Å²) in [6.07, 6.45) is -13.8. The van der Waals surface area contributed by atoms with Gasteiger partial charge in [0.1, 0.15) is 36.6 Å². The maximum Gasteiger partial charge on any atom is 0.335 e. The fourth-order valence-corrected chi connectivity index (χ4v) is 13.4. The first-order valence-electron chi connectivity index (χ1n) is 20.9. The van der Waals surface area contributed by atoms with Crippen LogP contribution in [0.15, 0.2) is 11.6 Å². The van der Waals surface area contributed by atoms with Crippen LogP contribution in [0.1, 0.15) is 99.3 Å². The van der Waals surface area contributed by atoms with Gasteiger partial charge in [0.25, 0.3) is 0 Å². The van der Waals surface area contributed by atoms with Crippen LogP contribution in [-0.4, -0.2) is 144 Å². The van der Waals surface area contributed by atoms with Crippen molar-refractivity contribution in [1.29, 1.82) is 0 Å². The Hall–Kier alpha value is -2.58. The molecule has 5 aliphatic carbocycles. The predicted molar refractivity (Wildman–Crippen MR) is 201 cm³/mol.